The minimum absolute atomic E-state index is 0.220. The minimum Gasteiger partial charge on any atom is -0.323 e. The molecule has 4 N–H and O–H groups in total. The van der Waals surface area contributed by atoms with E-state index in [2.05, 4.69) is 63.0 Å². The number of piperazine rings is 1. The number of nitrogens with zero attached hydrogens (tertiary/aromatic N) is 2. The van der Waals surface area contributed by atoms with E-state index in [1.165, 1.54) is 16.5 Å². The Balaban J connectivity index is 1.62. The van der Waals surface area contributed by atoms with Crippen LogP contribution < -0.4 is 20.6 Å². The van der Waals surface area contributed by atoms with Crippen LogP contribution in [-0.4, -0.2) is 48.4 Å². The third kappa shape index (κ3) is 6.25. The summed E-state index contributed by atoms with van der Waals surface area (Å²) < 4.78 is 0. The zero-order valence-corrected chi connectivity index (χ0v) is 20.1. The van der Waals surface area contributed by atoms with Crippen molar-refractivity contribution in [3.8, 4) is 11.3 Å². The summed E-state index contributed by atoms with van der Waals surface area (Å²) in [5.74, 6) is 0.704. The van der Waals surface area contributed by atoms with Crippen molar-refractivity contribution in [3.63, 3.8) is 0 Å². The van der Waals surface area contributed by atoms with Crippen LogP contribution in [0.3, 0.4) is 0 Å². The molecule has 172 valence electrons. The Bertz CT molecular complexity index is 1120. The molecule has 7 nitrogen and oxygen atoms in total. The zero-order chi connectivity index (χ0) is 23.2. The number of rotatable bonds is 8. The first kappa shape index (κ1) is 23.1. The van der Waals surface area contributed by atoms with E-state index < -0.39 is 0 Å². The molecule has 1 aliphatic rings. The van der Waals surface area contributed by atoms with Gasteiger partial charge in [-0.15, -0.1) is 0 Å². The molecule has 1 amide bonds. The Hall–Kier alpha value is -3.07. The number of benzene rings is 1. The third-order valence-corrected chi connectivity index (χ3v) is 6.66. The minimum atomic E-state index is -0.220. The molecule has 0 atom stereocenters. The molecule has 0 aliphatic carbocycles. The molecule has 33 heavy (non-hydrogen) atoms. The molecule has 3 aromatic rings. The molecule has 0 unspecified atom stereocenters. The average molecular weight is 465 g/mol. The normalized spacial score (nSPS) is 14.7. The predicted octanol–water partition coefficient (Wildman–Crippen LogP) is 3.36. The Kier molecular flexibility index (Phi) is 7.49. The molecule has 1 aliphatic heterocycles. The number of thiazole rings is 1. The fraction of sp³-hybridized carbons (Fsp3) is 0.320. The van der Waals surface area contributed by atoms with Gasteiger partial charge in [-0.1, -0.05) is 37.0 Å². The highest BCUT2D eigenvalue weighted by molar-refractivity contribution is 7.15. The number of anilines is 3. The van der Waals surface area contributed by atoms with Crippen LogP contribution in [-0.2, 0) is 11.3 Å². The maximum atomic E-state index is 11.8. The van der Waals surface area contributed by atoms with Crippen LogP contribution in [0.25, 0.3) is 11.3 Å². The summed E-state index contributed by atoms with van der Waals surface area (Å²) in [6.45, 7) is 14.2. The van der Waals surface area contributed by atoms with Gasteiger partial charge in [-0.2, -0.15) is 5.32 Å². The third-order valence-electron chi connectivity index (χ3n) is 5.79. The molecule has 1 saturated heterocycles. The van der Waals surface area contributed by atoms with E-state index >= 15 is 0 Å². The van der Waals surface area contributed by atoms with Crippen LogP contribution in [0.4, 0.5) is 16.6 Å². The van der Waals surface area contributed by atoms with Gasteiger partial charge in [0.25, 0.3) is 5.82 Å². The van der Waals surface area contributed by atoms with Gasteiger partial charge in [-0.25, -0.2) is 9.97 Å². The van der Waals surface area contributed by atoms with E-state index in [0.29, 0.717) is 0 Å². The molecule has 3 heterocycles. The second-order valence-corrected chi connectivity index (χ2v) is 9.51. The molecular formula is C25H32N6OS+2. The first-order valence-electron chi connectivity index (χ1n) is 11.3. The number of hydrogen-bond acceptors (Lipinski definition) is 5. The monoisotopic (exact) mass is 464 g/mol. The largest absolute Gasteiger partial charge is 0.339 e. The number of amides is 1. The zero-order valence-electron chi connectivity index (χ0n) is 19.3. The van der Waals surface area contributed by atoms with Crippen LogP contribution >= 0.6 is 11.3 Å². The number of aromatic amines is 2. The molecule has 0 saturated carbocycles. The summed E-state index contributed by atoms with van der Waals surface area (Å²) in [7, 11) is 0. The van der Waals surface area contributed by atoms with E-state index in [-0.39, 0.29) is 5.91 Å². The van der Waals surface area contributed by atoms with Crippen molar-refractivity contribution in [2.75, 3.05) is 43.4 Å². The lowest BCUT2D eigenvalue weighted by atomic mass is 10.1. The van der Waals surface area contributed by atoms with Gasteiger partial charge in [0, 0.05) is 54.9 Å². The van der Waals surface area contributed by atoms with Gasteiger partial charge < -0.3 is 10.2 Å². The predicted molar refractivity (Wildman–Crippen MR) is 134 cm³/mol. The summed E-state index contributed by atoms with van der Waals surface area (Å²) >= 11 is 1.68. The topological polar surface area (TPSA) is 75.9 Å². The van der Waals surface area contributed by atoms with Crippen LogP contribution in [0.5, 0.6) is 0 Å². The molecule has 8 heteroatoms. The number of carbonyl (C=O) groups is 1. The molecule has 0 radical (unpaired) electrons. The number of aromatic nitrogens is 2. The highest BCUT2D eigenvalue weighted by Gasteiger charge is 2.19. The molecule has 0 spiro atoms. The number of pyridine rings is 1. The lowest BCUT2D eigenvalue weighted by molar-refractivity contribution is -0.362. The Morgan fingerprint density at radius 2 is 1.97 bits per heavy atom. The number of carbonyl (C=O) groups excluding carboxylic acids is 1. The number of H-pyrrole nitrogens is 2. The van der Waals surface area contributed by atoms with Crippen LogP contribution in [0, 0.1) is 6.92 Å². The van der Waals surface area contributed by atoms with E-state index in [1.54, 1.807) is 11.3 Å². The van der Waals surface area contributed by atoms with Crippen molar-refractivity contribution < 1.29 is 14.8 Å². The van der Waals surface area contributed by atoms with Crippen molar-refractivity contribution in [1.29, 1.82) is 0 Å². The second-order valence-electron chi connectivity index (χ2n) is 8.26. The van der Waals surface area contributed by atoms with Gasteiger partial charge in [-0.3, -0.25) is 9.69 Å². The van der Waals surface area contributed by atoms with Crippen molar-refractivity contribution in [1.82, 2.24) is 9.80 Å². The molecule has 2 aromatic heterocycles. The van der Waals surface area contributed by atoms with Crippen LogP contribution in [0.2, 0.25) is 0 Å². The molecule has 1 fully saturated rings. The summed E-state index contributed by atoms with van der Waals surface area (Å²) in [5.41, 5.74) is 3.97. The van der Waals surface area contributed by atoms with E-state index in [1.807, 2.05) is 30.5 Å². The van der Waals surface area contributed by atoms with E-state index in [9.17, 15) is 4.79 Å². The fourth-order valence-electron chi connectivity index (χ4n) is 3.99. The van der Waals surface area contributed by atoms with Gasteiger partial charge in [0.2, 0.25) is 5.91 Å². The van der Waals surface area contributed by atoms with E-state index in [4.69, 9.17) is 0 Å². The molecule has 4 rings (SSSR count). The number of hydrogen-bond donors (Lipinski definition) is 2. The molecule has 0 bridgehead atoms. The smallest absolute Gasteiger partial charge is 0.323 e. The highest BCUT2D eigenvalue weighted by atomic mass is 32.1. The summed E-state index contributed by atoms with van der Waals surface area (Å²) in [5, 5.41) is 7.31. The summed E-state index contributed by atoms with van der Waals surface area (Å²) in [6, 6.07) is 12.2. The maximum Gasteiger partial charge on any atom is 0.339 e. The lowest BCUT2D eigenvalue weighted by Crippen LogP contribution is -2.45. The standard InChI is InChI=1S/C25H30N6OS/c1-4-24(32)27-21-8-6-7-20(15-21)22-13-19(17-31-11-9-30(5-2)10-12-31)14-23(28-22)29-25-26-16-18(3)33-25/h4,6-8,13-16H,1,5,9-12,17H2,2-3H3,(H,27,32)(H,26,28,29)/p+2. The van der Waals surface area contributed by atoms with Crippen molar-refractivity contribution >= 4 is 33.9 Å². The van der Waals surface area contributed by atoms with E-state index in [0.717, 1.165) is 67.2 Å². The first-order valence-corrected chi connectivity index (χ1v) is 12.1. The first-order chi connectivity index (χ1) is 16.0. The molecule has 1 aromatic carbocycles. The average Bonchev–Trinajstić information content (AvgIpc) is 3.23. The van der Waals surface area contributed by atoms with Crippen molar-refractivity contribution in [2.45, 2.75) is 20.4 Å². The SMILES string of the molecule is C=CC(=O)Nc1cccc(-c2cc(CN3CCN(CC)CC3)cc(Nc3[nH+]cc(C)s3)[nH+]2)c1. The lowest BCUT2D eigenvalue weighted by Gasteiger charge is -2.34. The van der Waals surface area contributed by atoms with Crippen LogP contribution in [0.1, 0.15) is 17.4 Å². The van der Waals surface area contributed by atoms with Gasteiger partial charge in [0.1, 0.15) is 11.9 Å². The van der Waals surface area contributed by atoms with Crippen molar-refractivity contribution in [3.05, 3.63) is 65.7 Å². The Labute approximate surface area is 199 Å². The highest BCUT2D eigenvalue weighted by Crippen LogP contribution is 2.24. The second kappa shape index (κ2) is 10.7. The van der Waals surface area contributed by atoms with Gasteiger partial charge >= 0.3 is 5.13 Å². The number of aryl methyl sites for hydroxylation is 1. The van der Waals surface area contributed by atoms with Crippen LogP contribution in [0.15, 0.2) is 55.3 Å². The number of nitrogens with one attached hydrogen (secondary N) is 4. The number of likely N-dealkylation sites (N-methyl/N-ethyl adjacent to an activating group) is 1. The molecular weight excluding hydrogens is 432 g/mol. The van der Waals surface area contributed by atoms with Gasteiger partial charge in [0.05, 0.1) is 0 Å². The van der Waals surface area contributed by atoms with Crippen molar-refractivity contribution in [2.24, 2.45) is 0 Å². The van der Waals surface area contributed by atoms with Gasteiger partial charge in [0.15, 0.2) is 0 Å². The fourth-order valence-corrected chi connectivity index (χ4v) is 4.71. The maximum absolute atomic E-state index is 11.8. The summed E-state index contributed by atoms with van der Waals surface area (Å²) in [4.78, 5) is 24.8. The quantitative estimate of drug-likeness (QED) is 0.501. The Morgan fingerprint density at radius 1 is 1.18 bits per heavy atom. The summed E-state index contributed by atoms with van der Waals surface area (Å²) in [6.07, 6.45) is 3.27. The Morgan fingerprint density at radius 3 is 2.67 bits per heavy atom. The van der Waals surface area contributed by atoms with Gasteiger partial charge in [-0.05, 0) is 43.3 Å².